The Kier molecular flexibility index (Phi) is 7.73. The van der Waals surface area contributed by atoms with Crippen molar-refractivity contribution in [3.8, 4) is 0 Å². The third kappa shape index (κ3) is 6.25. The SMILES string of the molecule is CNCc1ccc(CNC(CC(C)C)C(=O)OC2CCCC2)cc1. The van der Waals surface area contributed by atoms with E-state index in [0.29, 0.717) is 12.5 Å². The van der Waals surface area contributed by atoms with Crippen molar-refractivity contribution in [1.82, 2.24) is 10.6 Å². The molecule has 0 heterocycles. The summed E-state index contributed by atoms with van der Waals surface area (Å²) in [4.78, 5) is 12.5. The number of carbonyl (C=O) groups excluding carboxylic acids is 1. The Morgan fingerprint density at radius 2 is 1.71 bits per heavy atom. The number of rotatable bonds is 9. The Morgan fingerprint density at radius 3 is 2.25 bits per heavy atom. The first-order chi connectivity index (χ1) is 11.6. The smallest absolute Gasteiger partial charge is 0.323 e. The summed E-state index contributed by atoms with van der Waals surface area (Å²) < 4.78 is 5.70. The molecule has 1 atom stereocenters. The molecule has 1 aromatic carbocycles. The average Bonchev–Trinajstić information content (AvgIpc) is 3.05. The summed E-state index contributed by atoms with van der Waals surface area (Å²) in [6.45, 7) is 5.85. The second kappa shape index (κ2) is 9.80. The van der Waals surface area contributed by atoms with Crippen LogP contribution >= 0.6 is 0 Å². The average molecular weight is 332 g/mol. The van der Waals surface area contributed by atoms with Gasteiger partial charge in [-0.1, -0.05) is 38.1 Å². The molecule has 0 spiro atoms. The summed E-state index contributed by atoms with van der Waals surface area (Å²) in [5.41, 5.74) is 2.46. The summed E-state index contributed by atoms with van der Waals surface area (Å²) in [6, 6.07) is 8.27. The monoisotopic (exact) mass is 332 g/mol. The fraction of sp³-hybridized carbons (Fsp3) is 0.650. The third-order valence-corrected chi connectivity index (χ3v) is 4.53. The van der Waals surface area contributed by atoms with Crippen molar-refractivity contribution >= 4 is 5.97 Å². The minimum atomic E-state index is -0.220. The molecule has 4 heteroatoms. The molecule has 4 nitrogen and oxygen atoms in total. The van der Waals surface area contributed by atoms with Crippen LogP contribution in [0.25, 0.3) is 0 Å². The molecule has 1 aliphatic rings. The Hall–Kier alpha value is -1.39. The van der Waals surface area contributed by atoms with Gasteiger partial charge in [0.15, 0.2) is 0 Å². The van der Waals surface area contributed by atoms with E-state index >= 15 is 0 Å². The van der Waals surface area contributed by atoms with Gasteiger partial charge >= 0.3 is 5.97 Å². The van der Waals surface area contributed by atoms with Crippen LogP contribution in [-0.2, 0) is 22.6 Å². The number of carbonyl (C=O) groups is 1. The summed E-state index contributed by atoms with van der Waals surface area (Å²) in [6.07, 6.45) is 5.34. The van der Waals surface area contributed by atoms with Gasteiger partial charge in [0.05, 0.1) is 0 Å². The topological polar surface area (TPSA) is 50.4 Å². The molecule has 0 radical (unpaired) electrons. The lowest BCUT2D eigenvalue weighted by Gasteiger charge is -2.22. The quantitative estimate of drug-likeness (QED) is 0.681. The molecule has 2 rings (SSSR count). The van der Waals surface area contributed by atoms with Gasteiger partial charge in [-0.05, 0) is 56.2 Å². The molecule has 2 N–H and O–H groups in total. The van der Waals surface area contributed by atoms with Crippen LogP contribution in [0.5, 0.6) is 0 Å². The van der Waals surface area contributed by atoms with Crippen LogP contribution in [0.1, 0.15) is 57.1 Å². The van der Waals surface area contributed by atoms with Crippen LogP contribution in [0.15, 0.2) is 24.3 Å². The van der Waals surface area contributed by atoms with Crippen LogP contribution in [0.2, 0.25) is 0 Å². The molecular weight excluding hydrogens is 300 g/mol. The molecule has 1 aromatic rings. The van der Waals surface area contributed by atoms with Crippen molar-refractivity contribution in [2.75, 3.05) is 7.05 Å². The highest BCUT2D eigenvalue weighted by molar-refractivity contribution is 5.76. The van der Waals surface area contributed by atoms with E-state index in [0.717, 1.165) is 25.8 Å². The minimum Gasteiger partial charge on any atom is -0.461 e. The van der Waals surface area contributed by atoms with E-state index in [1.165, 1.54) is 24.0 Å². The fourth-order valence-corrected chi connectivity index (χ4v) is 3.21. The predicted molar refractivity (Wildman–Crippen MR) is 97.6 cm³/mol. The molecule has 1 saturated carbocycles. The van der Waals surface area contributed by atoms with Crippen molar-refractivity contribution in [2.24, 2.45) is 5.92 Å². The molecular formula is C20H32N2O2. The Labute approximate surface area is 146 Å². The van der Waals surface area contributed by atoms with Gasteiger partial charge in [-0.15, -0.1) is 0 Å². The molecule has 0 amide bonds. The van der Waals surface area contributed by atoms with Gasteiger partial charge < -0.3 is 15.4 Å². The number of esters is 1. The zero-order valence-corrected chi connectivity index (χ0v) is 15.3. The van der Waals surface area contributed by atoms with Gasteiger partial charge in [0.2, 0.25) is 0 Å². The lowest BCUT2D eigenvalue weighted by molar-refractivity contribution is -0.151. The number of benzene rings is 1. The van der Waals surface area contributed by atoms with Crippen LogP contribution in [0, 0.1) is 5.92 Å². The largest absolute Gasteiger partial charge is 0.461 e. The maximum Gasteiger partial charge on any atom is 0.323 e. The number of nitrogens with one attached hydrogen (secondary N) is 2. The van der Waals surface area contributed by atoms with Gasteiger partial charge in [0, 0.05) is 13.1 Å². The zero-order chi connectivity index (χ0) is 17.4. The normalized spacial score (nSPS) is 16.5. The zero-order valence-electron chi connectivity index (χ0n) is 15.3. The molecule has 134 valence electrons. The standard InChI is InChI=1S/C20H32N2O2/c1-15(2)12-19(20(23)24-18-6-4-5-7-18)22-14-17-10-8-16(9-11-17)13-21-3/h8-11,15,18-19,21-22H,4-7,12-14H2,1-3H3. The minimum absolute atomic E-state index is 0.0811. The van der Waals surface area contributed by atoms with E-state index in [4.69, 9.17) is 4.74 Å². The van der Waals surface area contributed by atoms with Gasteiger partial charge in [0.25, 0.3) is 0 Å². The number of hydrogen-bond donors (Lipinski definition) is 2. The predicted octanol–water partition coefficient (Wildman–Crippen LogP) is 3.40. The molecule has 0 saturated heterocycles. The maximum atomic E-state index is 12.5. The van der Waals surface area contributed by atoms with Crippen molar-refractivity contribution in [1.29, 1.82) is 0 Å². The lowest BCUT2D eigenvalue weighted by atomic mass is 10.0. The molecule has 1 fully saturated rings. The molecule has 1 aliphatic carbocycles. The Balaban J connectivity index is 1.88. The van der Waals surface area contributed by atoms with E-state index in [-0.39, 0.29) is 18.1 Å². The molecule has 24 heavy (non-hydrogen) atoms. The van der Waals surface area contributed by atoms with E-state index < -0.39 is 0 Å². The van der Waals surface area contributed by atoms with Gasteiger partial charge in [0.1, 0.15) is 12.1 Å². The molecule has 0 aliphatic heterocycles. The van der Waals surface area contributed by atoms with Crippen molar-refractivity contribution < 1.29 is 9.53 Å². The molecule has 0 bridgehead atoms. The first kappa shape index (κ1) is 18.9. The van der Waals surface area contributed by atoms with E-state index in [1.807, 2.05) is 7.05 Å². The van der Waals surface area contributed by atoms with Crippen LogP contribution in [-0.4, -0.2) is 25.2 Å². The highest BCUT2D eigenvalue weighted by atomic mass is 16.5. The van der Waals surface area contributed by atoms with Gasteiger partial charge in [-0.25, -0.2) is 0 Å². The highest BCUT2D eigenvalue weighted by Crippen LogP contribution is 2.22. The van der Waals surface area contributed by atoms with Crippen LogP contribution < -0.4 is 10.6 Å². The summed E-state index contributed by atoms with van der Waals surface area (Å²) in [5.74, 6) is 0.374. The molecule has 0 aromatic heterocycles. The van der Waals surface area contributed by atoms with E-state index in [9.17, 15) is 4.79 Å². The van der Waals surface area contributed by atoms with Gasteiger partial charge in [-0.3, -0.25) is 4.79 Å². The van der Waals surface area contributed by atoms with Crippen molar-refractivity contribution in [3.63, 3.8) is 0 Å². The first-order valence-corrected chi connectivity index (χ1v) is 9.24. The van der Waals surface area contributed by atoms with Crippen LogP contribution in [0.3, 0.4) is 0 Å². The third-order valence-electron chi connectivity index (χ3n) is 4.53. The molecule has 1 unspecified atom stereocenters. The highest BCUT2D eigenvalue weighted by Gasteiger charge is 2.25. The second-order valence-corrected chi connectivity index (χ2v) is 7.25. The number of ether oxygens (including phenoxy) is 1. The van der Waals surface area contributed by atoms with Crippen molar-refractivity contribution in [3.05, 3.63) is 35.4 Å². The Morgan fingerprint density at radius 1 is 1.12 bits per heavy atom. The maximum absolute atomic E-state index is 12.5. The first-order valence-electron chi connectivity index (χ1n) is 9.24. The summed E-state index contributed by atoms with van der Waals surface area (Å²) >= 11 is 0. The van der Waals surface area contributed by atoms with Gasteiger partial charge in [-0.2, -0.15) is 0 Å². The fourth-order valence-electron chi connectivity index (χ4n) is 3.21. The van der Waals surface area contributed by atoms with E-state index in [1.54, 1.807) is 0 Å². The Bertz CT molecular complexity index is 493. The van der Waals surface area contributed by atoms with E-state index in [2.05, 4.69) is 48.7 Å². The summed E-state index contributed by atoms with van der Waals surface area (Å²) in [5, 5.41) is 6.55. The number of hydrogen-bond acceptors (Lipinski definition) is 4. The van der Waals surface area contributed by atoms with Crippen LogP contribution in [0.4, 0.5) is 0 Å². The second-order valence-electron chi connectivity index (χ2n) is 7.25. The summed E-state index contributed by atoms with van der Waals surface area (Å²) in [7, 11) is 1.95. The lowest BCUT2D eigenvalue weighted by Crippen LogP contribution is -2.40. The van der Waals surface area contributed by atoms with Crippen molar-refractivity contribution in [2.45, 2.75) is 71.2 Å².